The molecule has 0 unspecified atom stereocenters. The maximum atomic E-state index is 5.98. The monoisotopic (exact) mass is 319 g/mol. The summed E-state index contributed by atoms with van der Waals surface area (Å²) in [6.45, 7) is 6.49. The number of hydrogen-bond donors (Lipinski definition) is 1. The maximum Gasteiger partial charge on any atom is 0.142 e. The Morgan fingerprint density at radius 2 is 1.74 bits per heavy atom. The number of aromatic nitrogens is 2. The van der Waals surface area contributed by atoms with E-state index >= 15 is 0 Å². The second kappa shape index (κ2) is 5.29. The fraction of sp³-hybridized carbons (Fsp3) is 0.333. The summed E-state index contributed by atoms with van der Waals surface area (Å²) >= 11 is 3.48. The zero-order chi connectivity index (χ0) is 14.0. The number of rotatable bonds is 2. The summed E-state index contributed by atoms with van der Waals surface area (Å²) in [4.78, 5) is 9.01. The van der Waals surface area contributed by atoms with Crippen LogP contribution in [0.3, 0.4) is 0 Å². The molecule has 0 saturated carbocycles. The lowest BCUT2D eigenvalue weighted by Gasteiger charge is -2.18. The standard InChI is InChI=1S/C15H18BrN3/c1-15(2,3)9-11-18-13(12(16)14(17)19-11)10-7-5-4-6-8-10/h4-8H,9H2,1-3H3,(H2,17,18,19). The molecule has 2 aromatic rings. The molecule has 4 heteroatoms. The molecule has 0 aliphatic carbocycles. The molecule has 0 aliphatic rings. The van der Waals surface area contributed by atoms with Crippen LogP contribution in [0.1, 0.15) is 26.6 Å². The average molecular weight is 320 g/mol. The van der Waals surface area contributed by atoms with Crippen LogP contribution in [-0.2, 0) is 6.42 Å². The van der Waals surface area contributed by atoms with Gasteiger partial charge in [-0.15, -0.1) is 0 Å². The summed E-state index contributed by atoms with van der Waals surface area (Å²) in [5.41, 5.74) is 8.01. The Bertz CT molecular complexity index is 574. The molecule has 100 valence electrons. The summed E-state index contributed by atoms with van der Waals surface area (Å²) in [5.74, 6) is 1.28. The number of nitrogens with zero attached hydrogens (tertiary/aromatic N) is 2. The third-order valence-corrected chi connectivity index (χ3v) is 3.44. The molecule has 2 N–H and O–H groups in total. The minimum Gasteiger partial charge on any atom is -0.383 e. The van der Waals surface area contributed by atoms with Crippen LogP contribution < -0.4 is 5.73 Å². The normalized spacial score (nSPS) is 11.6. The van der Waals surface area contributed by atoms with Gasteiger partial charge in [-0.2, -0.15) is 0 Å². The SMILES string of the molecule is CC(C)(C)Cc1nc(N)c(Br)c(-c2ccccc2)n1. The molecule has 19 heavy (non-hydrogen) atoms. The summed E-state index contributed by atoms with van der Waals surface area (Å²) in [7, 11) is 0. The summed E-state index contributed by atoms with van der Waals surface area (Å²) in [6, 6.07) is 10.0. The topological polar surface area (TPSA) is 51.8 Å². The predicted molar refractivity (Wildman–Crippen MR) is 82.7 cm³/mol. The Morgan fingerprint density at radius 1 is 1.11 bits per heavy atom. The van der Waals surface area contributed by atoms with Gasteiger partial charge in [0.15, 0.2) is 0 Å². The molecule has 1 heterocycles. The van der Waals surface area contributed by atoms with Gasteiger partial charge in [0.2, 0.25) is 0 Å². The first-order valence-electron chi connectivity index (χ1n) is 6.24. The number of benzene rings is 1. The van der Waals surface area contributed by atoms with Crippen LogP contribution in [0.4, 0.5) is 5.82 Å². The van der Waals surface area contributed by atoms with E-state index in [1.54, 1.807) is 0 Å². The lowest BCUT2D eigenvalue weighted by atomic mass is 9.92. The molecular formula is C15H18BrN3. The van der Waals surface area contributed by atoms with E-state index in [4.69, 9.17) is 5.73 Å². The van der Waals surface area contributed by atoms with Crippen molar-refractivity contribution in [3.8, 4) is 11.3 Å². The van der Waals surface area contributed by atoms with E-state index in [2.05, 4.69) is 46.7 Å². The molecule has 0 spiro atoms. The van der Waals surface area contributed by atoms with Gasteiger partial charge in [0, 0.05) is 12.0 Å². The van der Waals surface area contributed by atoms with Crippen molar-refractivity contribution in [2.75, 3.05) is 5.73 Å². The van der Waals surface area contributed by atoms with Crippen LogP contribution in [0.5, 0.6) is 0 Å². The first-order chi connectivity index (χ1) is 8.87. The number of nitrogen functional groups attached to an aromatic ring is 1. The smallest absolute Gasteiger partial charge is 0.142 e. The molecule has 0 bridgehead atoms. The van der Waals surface area contributed by atoms with Crippen LogP contribution in [0.15, 0.2) is 34.8 Å². The fourth-order valence-corrected chi connectivity index (χ4v) is 2.26. The molecule has 2 rings (SSSR count). The van der Waals surface area contributed by atoms with Crippen molar-refractivity contribution < 1.29 is 0 Å². The summed E-state index contributed by atoms with van der Waals surface area (Å²) in [5, 5.41) is 0. The molecule has 0 amide bonds. The first-order valence-corrected chi connectivity index (χ1v) is 7.03. The molecule has 0 saturated heterocycles. The Labute approximate surface area is 122 Å². The molecule has 0 atom stereocenters. The van der Waals surface area contributed by atoms with Gasteiger partial charge in [0.05, 0.1) is 10.2 Å². The van der Waals surface area contributed by atoms with Crippen molar-refractivity contribution in [1.29, 1.82) is 0 Å². The minimum atomic E-state index is 0.133. The molecule has 0 fully saturated rings. The van der Waals surface area contributed by atoms with Crippen molar-refractivity contribution in [1.82, 2.24) is 9.97 Å². The van der Waals surface area contributed by atoms with Crippen LogP contribution in [0, 0.1) is 5.41 Å². The molecule has 1 aromatic heterocycles. The zero-order valence-corrected chi connectivity index (χ0v) is 13.0. The van der Waals surface area contributed by atoms with Crippen molar-refractivity contribution in [3.05, 3.63) is 40.6 Å². The summed E-state index contributed by atoms with van der Waals surface area (Å²) in [6.07, 6.45) is 0.796. The largest absolute Gasteiger partial charge is 0.383 e. The lowest BCUT2D eigenvalue weighted by molar-refractivity contribution is 0.401. The highest BCUT2D eigenvalue weighted by molar-refractivity contribution is 9.10. The quantitative estimate of drug-likeness (QED) is 0.907. The summed E-state index contributed by atoms with van der Waals surface area (Å²) < 4.78 is 0.761. The molecular weight excluding hydrogens is 302 g/mol. The zero-order valence-electron chi connectivity index (χ0n) is 11.4. The highest BCUT2D eigenvalue weighted by Gasteiger charge is 2.17. The number of halogens is 1. The van der Waals surface area contributed by atoms with Gasteiger partial charge in [0.1, 0.15) is 11.6 Å². The highest BCUT2D eigenvalue weighted by atomic mass is 79.9. The van der Waals surface area contributed by atoms with E-state index in [0.717, 1.165) is 28.0 Å². The van der Waals surface area contributed by atoms with Crippen molar-refractivity contribution >= 4 is 21.7 Å². The Balaban J connectivity index is 2.49. The van der Waals surface area contributed by atoms with E-state index in [9.17, 15) is 0 Å². The van der Waals surface area contributed by atoms with E-state index < -0.39 is 0 Å². The highest BCUT2D eigenvalue weighted by Crippen LogP contribution is 2.31. The second-order valence-corrected chi connectivity index (χ2v) is 6.58. The van der Waals surface area contributed by atoms with E-state index in [1.165, 1.54) is 0 Å². The molecule has 0 radical (unpaired) electrons. The Kier molecular flexibility index (Phi) is 3.90. The fourth-order valence-electron chi connectivity index (χ4n) is 1.85. The predicted octanol–water partition coefficient (Wildman–Crippen LogP) is 4.08. The van der Waals surface area contributed by atoms with E-state index in [0.29, 0.717) is 5.82 Å². The lowest BCUT2D eigenvalue weighted by Crippen LogP contribution is -2.13. The van der Waals surface area contributed by atoms with Gasteiger partial charge < -0.3 is 5.73 Å². The maximum absolute atomic E-state index is 5.98. The van der Waals surface area contributed by atoms with Crippen LogP contribution in [0.25, 0.3) is 11.3 Å². The van der Waals surface area contributed by atoms with E-state index in [1.807, 2.05) is 30.3 Å². The molecule has 3 nitrogen and oxygen atoms in total. The first kappa shape index (κ1) is 14.0. The van der Waals surface area contributed by atoms with Crippen molar-refractivity contribution in [2.24, 2.45) is 5.41 Å². The van der Waals surface area contributed by atoms with Gasteiger partial charge >= 0.3 is 0 Å². The Hall–Kier alpha value is -1.42. The number of nitrogens with two attached hydrogens (primary N) is 1. The number of anilines is 1. The van der Waals surface area contributed by atoms with Gasteiger partial charge in [0.25, 0.3) is 0 Å². The average Bonchev–Trinajstić information content (AvgIpc) is 2.33. The van der Waals surface area contributed by atoms with Gasteiger partial charge in [-0.1, -0.05) is 51.1 Å². The third-order valence-electron chi connectivity index (χ3n) is 2.66. The second-order valence-electron chi connectivity index (χ2n) is 5.79. The minimum absolute atomic E-state index is 0.133. The molecule has 0 aliphatic heterocycles. The van der Waals surface area contributed by atoms with Gasteiger partial charge in [-0.05, 0) is 21.3 Å². The number of hydrogen-bond acceptors (Lipinski definition) is 3. The van der Waals surface area contributed by atoms with Crippen LogP contribution in [-0.4, -0.2) is 9.97 Å². The third kappa shape index (κ3) is 3.53. The van der Waals surface area contributed by atoms with Crippen molar-refractivity contribution in [3.63, 3.8) is 0 Å². The van der Waals surface area contributed by atoms with E-state index in [-0.39, 0.29) is 5.41 Å². The van der Waals surface area contributed by atoms with Crippen molar-refractivity contribution in [2.45, 2.75) is 27.2 Å². The Morgan fingerprint density at radius 3 is 2.32 bits per heavy atom. The molecule has 1 aromatic carbocycles. The van der Waals surface area contributed by atoms with Crippen LogP contribution in [0.2, 0.25) is 0 Å². The van der Waals surface area contributed by atoms with Crippen LogP contribution >= 0.6 is 15.9 Å². The van der Waals surface area contributed by atoms with Gasteiger partial charge in [-0.3, -0.25) is 0 Å². The van der Waals surface area contributed by atoms with Gasteiger partial charge in [-0.25, -0.2) is 9.97 Å².